The molecule has 0 aliphatic carbocycles. The van der Waals surface area contributed by atoms with Gasteiger partial charge in [-0.15, -0.1) is 10.2 Å². The van der Waals surface area contributed by atoms with Gasteiger partial charge in [0.05, 0.1) is 12.7 Å². The van der Waals surface area contributed by atoms with Crippen LogP contribution in [0.1, 0.15) is 24.1 Å². The summed E-state index contributed by atoms with van der Waals surface area (Å²) < 4.78 is 3.51. The summed E-state index contributed by atoms with van der Waals surface area (Å²) in [6.07, 6.45) is 6.85. The summed E-state index contributed by atoms with van der Waals surface area (Å²) in [5.74, 6) is 0. The van der Waals surface area contributed by atoms with Gasteiger partial charge < -0.3 is 0 Å². The third kappa shape index (κ3) is 3.95. The number of nitrogens with zero attached hydrogens (tertiary/aromatic N) is 7. The first kappa shape index (κ1) is 13.4. The molecule has 2 aromatic heterocycles. The fourth-order valence-electron chi connectivity index (χ4n) is 2.19. The quantitative estimate of drug-likeness (QED) is 0.612. The van der Waals surface area contributed by atoms with Gasteiger partial charge in [0, 0.05) is 6.54 Å². The van der Waals surface area contributed by atoms with Crippen molar-refractivity contribution in [2.45, 2.75) is 32.4 Å². The fraction of sp³-hybridized carbons (Fsp3) is 0.357. The lowest BCUT2D eigenvalue weighted by Crippen LogP contribution is -2.01. The third-order valence-electron chi connectivity index (χ3n) is 3.25. The molecule has 0 N–H and O–H groups in total. The van der Waals surface area contributed by atoms with Gasteiger partial charge in [-0.2, -0.15) is 0 Å². The van der Waals surface area contributed by atoms with Crippen molar-refractivity contribution in [3.63, 3.8) is 0 Å². The van der Waals surface area contributed by atoms with Crippen LogP contribution in [0.2, 0.25) is 0 Å². The zero-order chi connectivity index (χ0) is 14.3. The molecule has 1 aromatic carbocycles. The Bertz CT molecular complexity index is 645. The minimum Gasteiger partial charge on any atom is -0.252 e. The molecular weight excluding hydrogens is 266 g/mol. The van der Waals surface area contributed by atoms with Crippen LogP contribution >= 0.6 is 0 Å². The molecule has 0 radical (unpaired) electrons. The summed E-state index contributed by atoms with van der Waals surface area (Å²) in [5.41, 5.74) is 2.25. The predicted octanol–water partition coefficient (Wildman–Crippen LogP) is 1.34. The predicted molar refractivity (Wildman–Crippen MR) is 76.3 cm³/mol. The van der Waals surface area contributed by atoms with E-state index in [0.29, 0.717) is 6.54 Å². The Morgan fingerprint density at radius 1 is 0.952 bits per heavy atom. The lowest BCUT2D eigenvalue weighted by Gasteiger charge is -2.01. The normalized spacial score (nSPS) is 10.9. The van der Waals surface area contributed by atoms with Crippen LogP contribution in [0.15, 0.2) is 42.9 Å². The largest absolute Gasteiger partial charge is 0.252 e. The van der Waals surface area contributed by atoms with Gasteiger partial charge in [0.15, 0.2) is 0 Å². The Balaban J connectivity index is 1.42. The van der Waals surface area contributed by atoms with Gasteiger partial charge in [-0.05, 0) is 35.3 Å². The number of unbranched alkanes of at least 4 members (excludes halogenated alkanes) is 1. The summed E-state index contributed by atoms with van der Waals surface area (Å²) in [6, 6.07) is 10.5. The molecule has 7 nitrogen and oxygen atoms in total. The Hall–Kier alpha value is -2.57. The van der Waals surface area contributed by atoms with E-state index in [1.807, 2.05) is 16.9 Å². The molecule has 3 rings (SSSR count). The summed E-state index contributed by atoms with van der Waals surface area (Å²) in [5, 5.41) is 19.2. The SMILES string of the molecule is c1ccc(CCCCn2cc(Cn3cnnn3)nn2)cc1. The number of aromatic nitrogens is 7. The number of hydrogen-bond acceptors (Lipinski definition) is 5. The minimum atomic E-state index is 0.553. The highest BCUT2D eigenvalue weighted by molar-refractivity contribution is 5.14. The molecule has 0 amide bonds. The number of tetrazole rings is 1. The summed E-state index contributed by atoms with van der Waals surface area (Å²) in [4.78, 5) is 0. The van der Waals surface area contributed by atoms with Crippen molar-refractivity contribution in [2.75, 3.05) is 0 Å². The summed E-state index contributed by atoms with van der Waals surface area (Å²) in [7, 11) is 0. The molecule has 3 aromatic rings. The van der Waals surface area contributed by atoms with E-state index in [-0.39, 0.29) is 0 Å². The van der Waals surface area contributed by atoms with Crippen molar-refractivity contribution in [3.05, 3.63) is 54.1 Å². The monoisotopic (exact) mass is 283 g/mol. The van der Waals surface area contributed by atoms with Crippen molar-refractivity contribution in [3.8, 4) is 0 Å². The lowest BCUT2D eigenvalue weighted by atomic mass is 10.1. The topological polar surface area (TPSA) is 74.3 Å². The first-order valence-electron chi connectivity index (χ1n) is 7.04. The molecule has 0 aliphatic heterocycles. The van der Waals surface area contributed by atoms with Crippen LogP contribution in [0.3, 0.4) is 0 Å². The van der Waals surface area contributed by atoms with Gasteiger partial charge >= 0.3 is 0 Å². The second kappa shape index (κ2) is 6.74. The van der Waals surface area contributed by atoms with Gasteiger partial charge in [0.1, 0.15) is 12.0 Å². The molecule has 0 atom stereocenters. The molecule has 108 valence electrons. The van der Waals surface area contributed by atoms with E-state index in [1.165, 1.54) is 5.56 Å². The molecule has 7 heteroatoms. The third-order valence-corrected chi connectivity index (χ3v) is 3.25. The number of benzene rings is 1. The summed E-state index contributed by atoms with van der Waals surface area (Å²) in [6.45, 7) is 1.44. The molecule has 21 heavy (non-hydrogen) atoms. The maximum absolute atomic E-state index is 4.13. The van der Waals surface area contributed by atoms with E-state index < -0.39 is 0 Å². The molecule has 0 bridgehead atoms. The smallest absolute Gasteiger partial charge is 0.138 e. The van der Waals surface area contributed by atoms with Crippen molar-refractivity contribution in [1.29, 1.82) is 0 Å². The molecule has 2 heterocycles. The minimum absolute atomic E-state index is 0.553. The van der Waals surface area contributed by atoms with Crippen LogP contribution in [0.25, 0.3) is 0 Å². The van der Waals surface area contributed by atoms with E-state index >= 15 is 0 Å². The Morgan fingerprint density at radius 3 is 2.67 bits per heavy atom. The van der Waals surface area contributed by atoms with Crippen LogP contribution in [0.5, 0.6) is 0 Å². The van der Waals surface area contributed by atoms with Gasteiger partial charge in [0.25, 0.3) is 0 Å². The van der Waals surface area contributed by atoms with Crippen LogP contribution in [0.4, 0.5) is 0 Å². The molecule has 0 aliphatic rings. The maximum atomic E-state index is 4.13. The molecule has 0 saturated carbocycles. The van der Waals surface area contributed by atoms with Gasteiger partial charge in [-0.25, -0.2) is 4.68 Å². The van der Waals surface area contributed by atoms with E-state index in [4.69, 9.17) is 0 Å². The van der Waals surface area contributed by atoms with Crippen LogP contribution in [-0.4, -0.2) is 35.2 Å². The average molecular weight is 283 g/mol. The van der Waals surface area contributed by atoms with E-state index in [1.54, 1.807) is 11.0 Å². The van der Waals surface area contributed by atoms with Gasteiger partial charge in [0.2, 0.25) is 0 Å². The Morgan fingerprint density at radius 2 is 1.86 bits per heavy atom. The second-order valence-electron chi connectivity index (χ2n) is 4.92. The first-order valence-corrected chi connectivity index (χ1v) is 7.04. The Kier molecular flexibility index (Phi) is 4.30. The Labute approximate surface area is 122 Å². The van der Waals surface area contributed by atoms with Crippen LogP contribution < -0.4 is 0 Å². The molecule has 0 spiro atoms. The molecule has 0 fully saturated rings. The van der Waals surface area contributed by atoms with Crippen molar-refractivity contribution < 1.29 is 0 Å². The molecule has 0 saturated heterocycles. The zero-order valence-electron chi connectivity index (χ0n) is 11.7. The van der Waals surface area contributed by atoms with Crippen molar-refractivity contribution >= 4 is 0 Å². The number of aryl methyl sites for hydroxylation is 2. The highest BCUT2D eigenvalue weighted by Crippen LogP contribution is 2.05. The van der Waals surface area contributed by atoms with Crippen molar-refractivity contribution in [1.82, 2.24) is 35.2 Å². The molecular formula is C14H17N7. The van der Waals surface area contributed by atoms with E-state index in [9.17, 15) is 0 Å². The molecule has 0 unspecified atom stereocenters. The van der Waals surface area contributed by atoms with Gasteiger partial charge in [-0.3, -0.25) is 4.68 Å². The summed E-state index contributed by atoms with van der Waals surface area (Å²) >= 11 is 0. The maximum Gasteiger partial charge on any atom is 0.138 e. The van der Waals surface area contributed by atoms with Crippen molar-refractivity contribution in [2.24, 2.45) is 0 Å². The van der Waals surface area contributed by atoms with Crippen LogP contribution in [-0.2, 0) is 19.5 Å². The fourth-order valence-corrected chi connectivity index (χ4v) is 2.19. The van der Waals surface area contributed by atoms with Crippen LogP contribution in [0, 0.1) is 0 Å². The second-order valence-corrected chi connectivity index (χ2v) is 4.92. The standard InChI is InChI=1S/C14H17N7/c1-2-6-13(7-3-1)8-4-5-9-20-10-14(16-18-20)11-21-12-15-17-19-21/h1-3,6-7,10,12H,4-5,8-9,11H2. The number of hydrogen-bond donors (Lipinski definition) is 0. The van der Waals surface area contributed by atoms with E-state index in [2.05, 4.69) is 50.1 Å². The highest BCUT2D eigenvalue weighted by Gasteiger charge is 2.02. The lowest BCUT2D eigenvalue weighted by molar-refractivity contribution is 0.541. The van der Waals surface area contributed by atoms with E-state index in [0.717, 1.165) is 31.5 Å². The average Bonchev–Trinajstić information content (AvgIpc) is 3.17. The highest BCUT2D eigenvalue weighted by atomic mass is 15.5. The zero-order valence-corrected chi connectivity index (χ0v) is 11.7. The number of rotatable bonds is 7. The van der Waals surface area contributed by atoms with Gasteiger partial charge in [-0.1, -0.05) is 35.5 Å². The first-order chi connectivity index (χ1) is 10.4.